The summed E-state index contributed by atoms with van der Waals surface area (Å²) in [6.45, 7) is 0.396. The zero-order chi connectivity index (χ0) is 19.4. The Hall–Kier alpha value is -2.32. The second kappa shape index (κ2) is 8.14. The lowest BCUT2D eigenvalue weighted by atomic mass is 9.98. The number of carbonyl (C=O) groups is 1. The fourth-order valence-electron chi connectivity index (χ4n) is 3.11. The van der Waals surface area contributed by atoms with E-state index in [0.717, 1.165) is 12.1 Å². The third-order valence-electron chi connectivity index (χ3n) is 4.53. The first kappa shape index (κ1) is 19.4. The zero-order valence-corrected chi connectivity index (χ0v) is 15.4. The fraction of sp³-hybridized carbons (Fsp3) is 0.316. The molecule has 0 spiro atoms. The molecule has 3 rings (SSSR count). The lowest BCUT2D eigenvalue weighted by Crippen LogP contribution is -2.44. The molecule has 0 bridgehead atoms. The van der Waals surface area contributed by atoms with Crippen LogP contribution in [0.5, 0.6) is 0 Å². The van der Waals surface area contributed by atoms with Gasteiger partial charge >= 0.3 is 0 Å². The molecule has 8 heteroatoms. The Kier molecular flexibility index (Phi) is 5.86. The normalized spacial score (nSPS) is 18.2. The monoisotopic (exact) mass is 394 g/mol. The van der Waals surface area contributed by atoms with E-state index in [4.69, 9.17) is 0 Å². The van der Waals surface area contributed by atoms with E-state index < -0.39 is 33.5 Å². The van der Waals surface area contributed by atoms with Crippen LogP contribution in [-0.2, 0) is 20.6 Å². The number of anilines is 1. The number of amides is 1. The van der Waals surface area contributed by atoms with Gasteiger partial charge in [-0.2, -0.15) is 0 Å². The molecule has 144 valence electrons. The minimum Gasteiger partial charge on any atom is -0.323 e. The summed E-state index contributed by atoms with van der Waals surface area (Å²) in [6.07, 6.45) is 1.05. The first-order chi connectivity index (χ1) is 12.8. The highest BCUT2D eigenvalue weighted by molar-refractivity contribution is 7.88. The quantitative estimate of drug-likeness (QED) is 0.847. The number of piperidine rings is 1. The number of carbonyl (C=O) groups excluding carboxylic acids is 1. The Balaban J connectivity index is 1.67. The zero-order valence-electron chi connectivity index (χ0n) is 14.6. The number of benzene rings is 2. The molecule has 2 aromatic carbocycles. The number of sulfonamides is 1. The first-order valence-corrected chi connectivity index (χ1v) is 10.2. The van der Waals surface area contributed by atoms with E-state index in [1.165, 1.54) is 4.31 Å². The topological polar surface area (TPSA) is 66.5 Å². The van der Waals surface area contributed by atoms with Crippen molar-refractivity contribution >= 4 is 21.6 Å². The maximum Gasteiger partial charge on any atom is 0.228 e. The average Bonchev–Trinajstić information content (AvgIpc) is 2.64. The van der Waals surface area contributed by atoms with Crippen molar-refractivity contribution in [1.29, 1.82) is 0 Å². The summed E-state index contributed by atoms with van der Waals surface area (Å²) in [4.78, 5) is 12.4. The second-order valence-electron chi connectivity index (χ2n) is 6.55. The highest BCUT2D eigenvalue weighted by Crippen LogP contribution is 2.24. The maximum atomic E-state index is 13.7. The average molecular weight is 394 g/mol. The SMILES string of the molecule is O=C(Nc1ccc(F)cc1F)[C@H]1CCCN(S(=O)(=O)Cc2ccccc2)C1. The van der Waals surface area contributed by atoms with Gasteiger partial charge in [0.05, 0.1) is 17.4 Å². The van der Waals surface area contributed by atoms with E-state index in [1.54, 1.807) is 24.3 Å². The third-order valence-corrected chi connectivity index (χ3v) is 6.35. The Bertz CT molecular complexity index is 920. The maximum absolute atomic E-state index is 13.7. The largest absolute Gasteiger partial charge is 0.323 e. The van der Waals surface area contributed by atoms with Crippen LogP contribution in [0.2, 0.25) is 0 Å². The Morgan fingerprint density at radius 3 is 2.59 bits per heavy atom. The van der Waals surface area contributed by atoms with Crippen LogP contribution in [0.4, 0.5) is 14.5 Å². The van der Waals surface area contributed by atoms with Crippen LogP contribution < -0.4 is 5.32 Å². The summed E-state index contributed by atoms with van der Waals surface area (Å²) >= 11 is 0. The second-order valence-corrected chi connectivity index (χ2v) is 8.52. The molecule has 0 aliphatic carbocycles. The van der Waals surface area contributed by atoms with Crippen molar-refractivity contribution < 1.29 is 22.0 Å². The van der Waals surface area contributed by atoms with Crippen LogP contribution in [0, 0.1) is 17.6 Å². The van der Waals surface area contributed by atoms with Gasteiger partial charge in [0.25, 0.3) is 0 Å². The molecule has 1 fully saturated rings. The van der Waals surface area contributed by atoms with Crippen LogP contribution in [-0.4, -0.2) is 31.7 Å². The summed E-state index contributed by atoms with van der Waals surface area (Å²) in [5.74, 6) is -2.79. The molecule has 1 aliphatic rings. The Labute approximate surface area is 157 Å². The van der Waals surface area contributed by atoms with E-state index in [1.807, 2.05) is 6.07 Å². The highest BCUT2D eigenvalue weighted by atomic mass is 32.2. The highest BCUT2D eigenvalue weighted by Gasteiger charge is 2.32. The van der Waals surface area contributed by atoms with Gasteiger partial charge in [-0.15, -0.1) is 0 Å². The molecule has 1 N–H and O–H groups in total. The van der Waals surface area contributed by atoms with Crippen LogP contribution in [0.15, 0.2) is 48.5 Å². The van der Waals surface area contributed by atoms with Gasteiger partial charge in [0.15, 0.2) is 0 Å². The van der Waals surface area contributed by atoms with Crippen molar-refractivity contribution in [2.24, 2.45) is 5.92 Å². The molecule has 5 nitrogen and oxygen atoms in total. The number of halogens is 2. The number of rotatable bonds is 5. The first-order valence-electron chi connectivity index (χ1n) is 8.63. The van der Waals surface area contributed by atoms with Crippen LogP contribution in [0.25, 0.3) is 0 Å². The molecule has 1 amide bonds. The van der Waals surface area contributed by atoms with E-state index in [-0.39, 0.29) is 18.0 Å². The van der Waals surface area contributed by atoms with Crippen LogP contribution in [0.3, 0.4) is 0 Å². The van der Waals surface area contributed by atoms with Gasteiger partial charge < -0.3 is 5.32 Å². The number of hydrogen-bond acceptors (Lipinski definition) is 3. The summed E-state index contributed by atoms with van der Waals surface area (Å²) in [7, 11) is -3.56. The Morgan fingerprint density at radius 2 is 1.89 bits per heavy atom. The van der Waals surface area contributed by atoms with Gasteiger partial charge in [0, 0.05) is 19.2 Å². The molecular formula is C19H20F2N2O3S. The van der Waals surface area contributed by atoms with Crippen molar-refractivity contribution in [1.82, 2.24) is 4.31 Å². The number of nitrogens with one attached hydrogen (secondary N) is 1. The van der Waals surface area contributed by atoms with Gasteiger partial charge in [0.1, 0.15) is 11.6 Å². The predicted molar refractivity (Wildman–Crippen MR) is 98.4 cm³/mol. The van der Waals surface area contributed by atoms with Gasteiger partial charge in [-0.1, -0.05) is 30.3 Å². The standard InChI is InChI=1S/C19H20F2N2O3S/c20-16-8-9-18(17(21)11-16)22-19(24)15-7-4-10-23(12-15)27(25,26)13-14-5-2-1-3-6-14/h1-3,5-6,8-9,11,15H,4,7,10,12-13H2,(H,22,24)/t15-/m0/s1. The van der Waals surface area contributed by atoms with Gasteiger partial charge in [-0.25, -0.2) is 21.5 Å². The lowest BCUT2D eigenvalue weighted by Gasteiger charge is -2.31. The molecule has 0 saturated carbocycles. The summed E-state index contributed by atoms with van der Waals surface area (Å²) in [6, 6.07) is 11.7. The molecule has 27 heavy (non-hydrogen) atoms. The van der Waals surface area contributed by atoms with Gasteiger partial charge in [-0.05, 0) is 30.5 Å². The van der Waals surface area contributed by atoms with Crippen molar-refractivity contribution in [2.75, 3.05) is 18.4 Å². The number of nitrogens with zero attached hydrogens (tertiary/aromatic N) is 1. The summed E-state index contributed by atoms with van der Waals surface area (Å²) < 4.78 is 53.3. The summed E-state index contributed by atoms with van der Waals surface area (Å²) in [5.41, 5.74) is 0.558. The van der Waals surface area contributed by atoms with Gasteiger partial charge in [-0.3, -0.25) is 4.79 Å². The molecule has 1 atom stereocenters. The minimum atomic E-state index is -3.56. The third kappa shape index (κ3) is 4.90. The Morgan fingerprint density at radius 1 is 1.15 bits per heavy atom. The van der Waals surface area contributed by atoms with Crippen molar-refractivity contribution in [3.8, 4) is 0 Å². The molecule has 1 saturated heterocycles. The molecule has 1 aliphatic heterocycles. The van der Waals surface area contributed by atoms with Crippen LogP contribution in [0.1, 0.15) is 18.4 Å². The van der Waals surface area contributed by atoms with Gasteiger partial charge in [0.2, 0.25) is 15.9 Å². The molecule has 2 aromatic rings. The smallest absolute Gasteiger partial charge is 0.228 e. The number of hydrogen-bond donors (Lipinski definition) is 1. The molecular weight excluding hydrogens is 374 g/mol. The molecule has 0 unspecified atom stereocenters. The predicted octanol–water partition coefficient (Wildman–Crippen LogP) is 3.15. The van der Waals surface area contributed by atoms with E-state index >= 15 is 0 Å². The van der Waals surface area contributed by atoms with Crippen molar-refractivity contribution in [3.05, 3.63) is 65.7 Å². The minimum absolute atomic E-state index is 0.0455. The van der Waals surface area contributed by atoms with E-state index in [0.29, 0.717) is 31.0 Å². The van der Waals surface area contributed by atoms with E-state index in [9.17, 15) is 22.0 Å². The van der Waals surface area contributed by atoms with Crippen LogP contribution >= 0.6 is 0 Å². The van der Waals surface area contributed by atoms with Crippen molar-refractivity contribution in [2.45, 2.75) is 18.6 Å². The lowest BCUT2D eigenvalue weighted by molar-refractivity contribution is -0.120. The van der Waals surface area contributed by atoms with E-state index in [2.05, 4.69) is 5.32 Å². The van der Waals surface area contributed by atoms with Crippen molar-refractivity contribution in [3.63, 3.8) is 0 Å². The fourth-order valence-corrected chi connectivity index (χ4v) is 4.72. The molecule has 0 aromatic heterocycles. The molecule has 0 radical (unpaired) electrons. The molecule has 1 heterocycles. The summed E-state index contributed by atoms with van der Waals surface area (Å²) in [5, 5.41) is 2.43.